The molecule has 29 heavy (non-hydrogen) atoms. The first kappa shape index (κ1) is 20.5. The predicted molar refractivity (Wildman–Crippen MR) is 107 cm³/mol. The van der Waals surface area contributed by atoms with Gasteiger partial charge in [-0.3, -0.25) is 24.1 Å². The summed E-state index contributed by atoms with van der Waals surface area (Å²) >= 11 is 6.03. The molecule has 0 aromatic heterocycles. The molecule has 0 aliphatic carbocycles. The molecule has 0 fully saturated rings. The molecule has 8 heteroatoms. The number of fused-ring (bicyclic) bond motifs is 1. The second-order valence-electron chi connectivity index (χ2n) is 6.59. The zero-order chi connectivity index (χ0) is 21.1. The van der Waals surface area contributed by atoms with E-state index in [0.29, 0.717) is 27.4 Å². The molecule has 1 heterocycles. The molecule has 0 spiro atoms. The van der Waals surface area contributed by atoms with Gasteiger partial charge in [0, 0.05) is 17.3 Å². The number of carbonyl (C=O) groups is 4. The van der Waals surface area contributed by atoms with Crippen molar-refractivity contribution in [2.45, 2.75) is 26.4 Å². The largest absolute Gasteiger partial charge is 0.452 e. The molecule has 1 N–H and O–H groups in total. The summed E-state index contributed by atoms with van der Waals surface area (Å²) in [7, 11) is 0. The molecular weight excluding hydrogens is 396 g/mol. The number of hydrogen-bond acceptors (Lipinski definition) is 5. The van der Waals surface area contributed by atoms with E-state index in [1.54, 1.807) is 49.4 Å². The highest BCUT2D eigenvalue weighted by molar-refractivity contribution is 6.31. The van der Waals surface area contributed by atoms with Gasteiger partial charge in [0.15, 0.2) is 6.10 Å². The monoisotopic (exact) mass is 414 g/mol. The van der Waals surface area contributed by atoms with Gasteiger partial charge in [-0.25, -0.2) is 0 Å². The number of carbonyl (C=O) groups excluding carboxylic acids is 4. The maximum absolute atomic E-state index is 12.3. The minimum absolute atomic E-state index is 0.118. The summed E-state index contributed by atoms with van der Waals surface area (Å²) in [5, 5.41) is 3.17. The fraction of sp³-hybridized carbons (Fsp3) is 0.238. The third kappa shape index (κ3) is 4.30. The van der Waals surface area contributed by atoms with Crippen molar-refractivity contribution in [1.29, 1.82) is 0 Å². The highest BCUT2D eigenvalue weighted by Gasteiger charge is 2.35. The number of ether oxygens (including phenoxy) is 1. The van der Waals surface area contributed by atoms with Crippen molar-refractivity contribution in [3.63, 3.8) is 0 Å². The lowest BCUT2D eigenvalue weighted by Gasteiger charge is -2.17. The fourth-order valence-electron chi connectivity index (χ4n) is 2.93. The van der Waals surface area contributed by atoms with Crippen LogP contribution in [0.25, 0.3) is 0 Å². The number of nitrogens with zero attached hydrogens (tertiary/aromatic N) is 1. The number of nitrogens with one attached hydrogen (secondary N) is 1. The Balaban J connectivity index is 1.53. The van der Waals surface area contributed by atoms with E-state index in [2.05, 4.69) is 5.32 Å². The second-order valence-corrected chi connectivity index (χ2v) is 7.00. The van der Waals surface area contributed by atoms with Crippen LogP contribution in [0.4, 0.5) is 5.69 Å². The summed E-state index contributed by atoms with van der Waals surface area (Å²) in [5.74, 6) is -2.09. The Morgan fingerprint density at radius 2 is 1.69 bits per heavy atom. The summed E-state index contributed by atoms with van der Waals surface area (Å²) in [6, 6.07) is 11.6. The number of esters is 1. The summed E-state index contributed by atoms with van der Waals surface area (Å²) in [6.07, 6.45) is -1.26. The van der Waals surface area contributed by atoms with Crippen LogP contribution in [0.15, 0.2) is 42.5 Å². The molecular formula is C21H19ClN2O5. The lowest BCUT2D eigenvalue weighted by Crippen LogP contribution is -2.34. The molecule has 1 atom stereocenters. The zero-order valence-electron chi connectivity index (χ0n) is 15.9. The molecule has 0 saturated carbocycles. The van der Waals surface area contributed by atoms with Crippen molar-refractivity contribution in [3.05, 3.63) is 64.2 Å². The van der Waals surface area contributed by atoms with E-state index in [4.69, 9.17) is 16.3 Å². The van der Waals surface area contributed by atoms with Crippen LogP contribution >= 0.6 is 11.6 Å². The van der Waals surface area contributed by atoms with Gasteiger partial charge in [0.25, 0.3) is 17.7 Å². The van der Waals surface area contributed by atoms with Gasteiger partial charge in [-0.2, -0.15) is 0 Å². The minimum atomic E-state index is -1.05. The number of halogens is 1. The summed E-state index contributed by atoms with van der Waals surface area (Å²) in [5.41, 5.74) is 1.86. The predicted octanol–water partition coefficient (Wildman–Crippen LogP) is 3.20. The average Bonchev–Trinajstić information content (AvgIpc) is 2.94. The van der Waals surface area contributed by atoms with Gasteiger partial charge >= 0.3 is 5.97 Å². The van der Waals surface area contributed by atoms with Crippen molar-refractivity contribution in [2.24, 2.45) is 0 Å². The minimum Gasteiger partial charge on any atom is -0.452 e. The lowest BCUT2D eigenvalue weighted by atomic mass is 10.1. The fourth-order valence-corrected chi connectivity index (χ4v) is 3.11. The van der Waals surface area contributed by atoms with Crippen LogP contribution in [0.5, 0.6) is 0 Å². The van der Waals surface area contributed by atoms with Crippen LogP contribution in [0.3, 0.4) is 0 Å². The first-order valence-corrected chi connectivity index (χ1v) is 9.38. The van der Waals surface area contributed by atoms with Gasteiger partial charge in [-0.15, -0.1) is 0 Å². The van der Waals surface area contributed by atoms with E-state index >= 15 is 0 Å². The molecule has 2 aromatic carbocycles. The summed E-state index contributed by atoms with van der Waals surface area (Å²) in [6.45, 7) is 3.08. The van der Waals surface area contributed by atoms with Gasteiger partial charge in [0.2, 0.25) is 0 Å². The van der Waals surface area contributed by atoms with Crippen LogP contribution in [-0.4, -0.2) is 41.2 Å². The quantitative estimate of drug-likeness (QED) is 0.578. The molecule has 0 radical (unpaired) electrons. The van der Waals surface area contributed by atoms with E-state index < -0.39 is 29.8 Å². The number of benzene rings is 2. The Kier molecular flexibility index (Phi) is 5.98. The molecule has 3 amide bonds. The first-order valence-electron chi connectivity index (χ1n) is 9.00. The third-order valence-electron chi connectivity index (χ3n) is 4.62. The van der Waals surface area contributed by atoms with Crippen molar-refractivity contribution in [3.8, 4) is 0 Å². The van der Waals surface area contributed by atoms with Gasteiger partial charge < -0.3 is 10.1 Å². The molecule has 1 aliphatic rings. The van der Waals surface area contributed by atoms with Crippen molar-refractivity contribution < 1.29 is 23.9 Å². The number of imide groups is 1. The van der Waals surface area contributed by atoms with E-state index in [9.17, 15) is 19.2 Å². The molecule has 3 rings (SSSR count). The topological polar surface area (TPSA) is 92.8 Å². The SMILES string of the molecule is Cc1c(Cl)cccc1NC(=O)[C@@H](C)OC(=O)CCN1C(=O)c2ccccc2C1=O. The maximum Gasteiger partial charge on any atom is 0.308 e. The smallest absolute Gasteiger partial charge is 0.308 e. The van der Waals surface area contributed by atoms with Crippen molar-refractivity contribution >= 4 is 41.0 Å². The number of rotatable bonds is 6. The van der Waals surface area contributed by atoms with E-state index in [0.717, 1.165) is 4.90 Å². The zero-order valence-corrected chi connectivity index (χ0v) is 16.7. The van der Waals surface area contributed by atoms with Crippen molar-refractivity contribution in [1.82, 2.24) is 4.90 Å². The van der Waals surface area contributed by atoms with E-state index in [1.165, 1.54) is 6.92 Å². The van der Waals surface area contributed by atoms with E-state index in [-0.39, 0.29) is 13.0 Å². The molecule has 0 unspecified atom stereocenters. The summed E-state index contributed by atoms with van der Waals surface area (Å²) in [4.78, 5) is 50.0. The van der Waals surface area contributed by atoms with Crippen LogP contribution in [0.2, 0.25) is 5.02 Å². The highest BCUT2D eigenvalue weighted by Crippen LogP contribution is 2.24. The van der Waals surface area contributed by atoms with Crippen LogP contribution in [0, 0.1) is 6.92 Å². The normalized spacial score (nSPS) is 13.8. The Morgan fingerprint density at radius 3 is 2.31 bits per heavy atom. The van der Waals surface area contributed by atoms with E-state index in [1.807, 2.05) is 0 Å². The molecule has 150 valence electrons. The lowest BCUT2D eigenvalue weighted by molar-refractivity contribution is -0.153. The highest BCUT2D eigenvalue weighted by atomic mass is 35.5. The molecule has 7 nitrogen and oxygen atoms in total. The van der Waals surface area contributed by atoms with Gasteiger partial charge in [0.1, 0.15) is 0 Å². The Hall–Kier alpha value is -3.19. The maximum atomic E-state index is 12.3. The van der Waals surface area contributed by atoms with Gasteiger partial charge in [0.05, 0.1) is 17.5 Å². The Labute approximate surface area is 172 Å². The molecule has 2 aromatic rings. The number of hydrogen-bond donors (Lipinski definition) is 1. The molecule has 0 bridgehead atoms. The van der Waals surface area contributed by atoms with Gasteiger partial charge in [-0.1, -0.05) is 29.8 Å². The number of anilines is 1. The first-order chi connectivity index (χ1) is 13.8. The summed E-state index contributed by atoms with van der Waals surface area (Å²) < 4.78 is 5.13. The van der Waals surface area contributed by atoms with Crippen molar-refractivity contribution in [2.75, 3.05) is 11.9 Å². The van der Waals surface area contributed by atoms with Crippen LogP contribution in [0.1, 0.15) is 39.6 Å². The standard InChI is InChI=1S/C21H19ClN2O5/c1-12-16(22)8-5-9-17(12)23-19(26)13(2)29-18(25)10-11-24-20(27)14-6-3-4-7-15(14)21(24)28/h3-9,13H,10-11H2,1-2H3,(H,23,26)/t13-/m1/s1. The second kappa shape index (κ2) is 8.45. The van der Waals surface area contributed by atoms with Crippen LogP contribution in [-0.2, 0) is 14.3 Å². The molecule has 1 aliphatic heterocycles. The Bertz CT molecular complexity index is 969. The Morgan fingerprint density at radius 1 is 1.07 bits per heavy atom. The molecule has 0 saturated heterocycles. The average molecular weight is 415 g/mol. The third-order valence-corrected chi connectivity index (χ3v) is 5.03. The number of amides is 3. The van der Waals surface area contributed by atoms with Crippen LogP contribution < -0.4 is 5.32 Å². The van der Waals surface area contributed by atoms with Gasteiger partial charge in [-0.05, 0) is 43.7 Å².